The molecule has 1 heterocycles. The molecular weight excluding hydrogens is 226 g/mol. The van der Waals surface area contributed by atoms with E-state index < -0.39 is 0 Å². The molecule has 0 aliphatic heterocycles. The van der Waals surface area contributed by atoms with Crippen LogP contribution >= 0.6 is 0 Å². The monoisotopic (exact) mass is 241 g/mol. The highest BCUT2D eigenvalue weighted by molar-refractivity contribution is 5.92. The van der Waals surface area contributed by atoms with Crippen LogP contribution in [0, 0.1) is 6.92 Å². The van der Waals surface area contributed by atoms with Gasteiger partial charge < -0.3 is 11.1 Å². The summed E-state index contributed by atoms with van der Waals surface area (Å²) in [5, 5.41) is 2.83. The Labute approximate surface area is 106 Å². The number of rotatable bonds is 3. The second-order valence-electron chi connectivity index (χ2n) is 4.09. The number of nitrogens with two attached hydrogens (primary N) is 1. The van der Waals surface area contributed by atoms with Gasteiger partial charge in [0.2, 0.25) is 0 Å². The molecule has 0 fully saturated rings. The summed E-state index contributed by atoms with van der Waals surface area (Å²) in [6.07, 6.45) is 1.47. The van der Waals surface area contributed by atoms with Crippen LogP contribution in [-0.4, -0.2) is 10.9 Å². The number of aromatic nitrogens is 1. The third-order valence-corrected chi connectivity index (χ3v) is 2.72. The van der Waals surface area contributed by atoms with Crippen LogP contribution < -0.4 is 11.1 Å². The summed E-state index contributed by atoms with van der Waals surface area (Å²) >= 11 is 0. The Morgan fingerprint density at radius 2 is 2.06 bits per heavy atom. The van der Waals surface area contributed by atoms with Gasteiger partial charge in [0, 0.05) is 6.54 Å². The Hall–Kier alpha value is -2.36. The zero-order valence-corrected chi connectivity index (χ0v) is 10.2. The molecule has 18 heavy (non-hydrogen) atoms. The SMILES string of the molecule is Cc1ccccc1CNC(=O)c1ccc(N)cn1. The molecule has 3 N–H and O–H groups in total. The van der Waals surface area contributed by atoms with E-state index in [0.29, 0.717) is 17.9 Å². The summed E-state index contributed by atoms with van der Waals surface area (Å²) in [6, 6.07) is 11.2. The molecule has 4 nitrogen and oxygen atoms in total. The number of pyridine rings is 1. The smallest absolute Gasteiger partial charge is 0.270 e. The Morgan fingerprint density at radius 1 is 1.28 bits per heavy atom. The molecular formula is C14H15N3O. The van der Waals surface area contributed by atoms with E-state index in [4.69, 9.17) is 5.73 Å². The van der Waals surface area contributed by atoms with Crippen LogP contribution in [0.3, 0.4) is 0 Å². The number of anilines is 1. The van der Waals surface area contributed by atoms with Crippen molar-refractivity contribution in [3.05, 3.63) is 59.4 Å². The number of carbonyl (C=O) groups is 1. The predicted molar refractivity (Wildman–Crippen MR) is 71.0 cm³/mol. The lowest BCUT2D eigenvalue weighted by atomic mass is 10.1. The van der Waals surface area contributed by atoms with E-state index in [2.05, 4.69) is 10.3 Å². The van der Waals surface area contributed by atoms with Gasteiger partial charge in [-0.3, -0.25) is 4.79 Å². The quantitative estimate of drug-likeness (QED) is 0.862. The number of nitrogens with zero attached hydrogens (tertiary/aromatic N) is 1. The molecule has 0 unspecified atom stereocenters. The fourth-order valence-corrected chi connectivity index (χ4v) is 1.61. The molecule has 0 saturated heterocycles. The molecule has 0 aliphatic rings. The molecule has 1 aromatic heterocycles. The number of benzene rings is 1. The van der Waals surface area contributed by atoms with Crippen molar-refractivity contribution in [1.29, 1.82) is 0 Å². The van der Waals surface area contributed by atoms with Gasteiger partial charge in [-0.05, 0) is 30.2 Å². The Balaban J connectivity index is 2.01. The number of nitrogens with one attached hydrogen (secondary N) is 1. The van der Waals surface area contributed by atoms with Crippen molar-refractivity contribution in [3.63, 3.8) is 0 Å². The minimum Gasteiger partial charge on any atom is -0.397 e. The fourth-order valence-electron chi connectivity index (χ4n) is 1.61. The lowest BCUT2D eigenvalue weighted by Crippen LogP contribution is -2.24. The van der Waals surface area contributed by atoms with E-state index in [1.165, 1.54) is 6.20 Å². The zero-order chi connectivity index (χ0) is 13.0. The summed E-state index contributed by atoms with van der Waals surface area (Å²) in [5.74, 6) is -0.196. The van der Waals surface area contributed by atoms with E-state index in [1.54, 1.807) is 12.1 Å². The highest BCUT2D eigenvalue weighted by atomic mass is 16.1. The van der Waals surface area contributed by atoms with Crippen molar-refractivity contribution < 1.29 is 4.79 Å². The molecule has 0 bridgehead atoms. The van der Waals surface area contributed by atoms with Crippen LogP contribution in [0.5, 0.6) is 0 Å². The van der Waals surface area contributed by atoms with Gasteiger partial charge in [0.1, 0.15) is 5.69 Å². The summed E-state index contributed by atoms with van der Waals surface area (Å²) in [5.41, 5.74) is 8.69. The van der Waals surface area contributed by atoms with Crippen molar-refractivity contribution >= 4 is 11.6 Å². The summed E-state index contributed by atoms with van der Waals surface area (Å²) in [7, 11) is 0. The fraction of sp³-hybridized carbons (Fsp3) is 0.143. The highest BCUT2D eigenvalue weighted by Gasteiger charge is 2.06. The van der Waals surface area contributed by atoms with Gasteiger partial charge in [-0.2, -0.15) is 0 Å². The van der Waals surface area contributed by atoms with Gasteiger partial charge in [0.15, 0.2) is 0 Å². The maximum Gasteiger partial charge on any atom is 0.270 e. The first kappa shape index (κ1) is 12.1. The first-order valence-corrected chi connectivity index (χ1v) is 5.71. The summed E-state index contributed by atoms with van der Waals surface area (Å²) in [6.45, 7) is 2.51. The van der Waals surface area contributed by atoms with E-state index >= 15 is 0 Å². The van der Waals surface area contributed by atoms with Crippen LogP contribution in [-0.2, 0) is 6.54 Å². The molecule has 0 atom stereocenters. The average molecular weight is 241 g/mol. The molecule has 1 amide bonds. The number of nitrogen functional groups attached to an aromatic ring is 1. The minimum absolute atomic E-state index is 0.196. The average Bonchev–Trinajstić information content (AvgIpc) is 2.38. The molecule has 2 rings (SSSR count). The lowest BCUT2D eigenvalue weighted by Gasteiger charge is -2.07. The van der Waals surface area contributed by atoms with Gasteiger partial charge in [0.05, 0.1) is 11.9 Å². The largest absolute Gasteiger partial charge is 0.397 e. The number of hydrogen-bond donors (Lipinski definition) is 2. The van der Waals surface area contributed by atoms with Gasteiger partial charge in [-0.15, -0.1) is 0 Å². The lowest BCUT2D eigenvalue weighted by molar-refractivity contribution is 0.0946. The molecule has 4 heteroatoms. The molecule has 1 aromatic carbocycles. The Morgan fingerprint density at radius 3 is 2.72 bits per heavy atom. The van der Waals surface area contributed by atoms with Crippen LogP contribution in [0.4, 0.5) is 5.69 Å². The van der Waals surface area contributed by atoms with E-state index in [9.17, 15) is 4.79 Å². The first-order valence-electron chi connectivity index (χ1n) is 5.71. The number of aryl methyl sites for hydroxylation is 1. The second-order valence-corrected chi connectivity index (χ2v) is 4.09. The maximum atomic E-state index is 11.8. The van der Waals surface area contributed by atoms with Crippen LogP contribution in [0.1, 0.15) is 21.6 Å². The van der Waals surface area contributed by atoms with Crippen molar-refractivity contribution in [2.45, 2.75) is 13.5 Å². The topological polar surface area (TPSA) is 68.0 Å². The molecule has 2 aromatic rings. The number of carbonyl (C=O) groups excluding carboxylic acids is 1. The molecule has 0 radical (unpaired) electrons. The third kappa shape index (κ3) is 2.85. The van der Waals surface area contributed by atoms with Gasteiger partial charge >= 0.3 is 0 Å². The number of amides is 1. The van der Waals surface area contributed by atoms with E-state index in [0.717, 1.165) is 11.1 Å². The molecule has 92 valence electrons. The third-order valence-electron chi connectivity index (χ3n) is 2.72. The predicted octanol–water partition coefficient (Wildman–Crippen LogP) is 1.90. The van der Waals surface area contributed by atoms with E-state index in [1.807, 2.05) is 31.2 Å². The normalized spacial score (nSPS) is 10.1. The van der Waals surface area contributed by atoms with Crippen molar-refractivity contribution in [1.82, 2.24) is 10.3 Å². The van der Waals surface area contributed by atoms with Crippen LogP contribution in [0.15, 0.2) is 42.6 Å². The van der Waals surface area contributed by atoms with Gasteiger partial charge in [0.25, 0.3) is 5.91 Å². The van der Waals surface area contributed by atoms with Crippen molar-refractivity contribution in [3.8, 4) is 0 Å². The van der Waals surface area contributed by atoms with Crippen molar-refractivity contribution in [2.75, 3.05) is 5.73 Å². The highest BCUT2D eigenvalue weighted by Crippen LogP contribution is 2.07. The first-order chi connectivity index (χ1) is 8.66. The second kappa shape index (κ2) is 5.31. The standard InChI is InChI=1S/C14H15N3O/c1-10-4-2-3-5-11(10)8-17-14(18)13-7-6-12(15)9-16-13/h2-7,9H,8,15H2,1H3,(H,17,18). The van der Waals surface area contributed by atoms with E-state index in [-0.39, 0.29) is 5.91 Å². The Kier molecular flexibility index (Phi) is 3.57. The number of hydrogen-bond acceptors (Lipinski definition) is 3. The maximum absolute atomic E-state index is 11.8. The zero-order valence-electron chi connectivity index (χ0n) is 10.2. The summed E-state index contributed by atoms with van der Waals surface area (Å²) < 4.78 is 0. The van der Waals surface area contributed by atoms with Crippen LogP contribution in [0.2, 0.25) is 0 Å². The van der Waals surface area contributed by atoms with Crippen molar-refractivity contribution in [2.24, 2.45) is 0 Å². The molecule has 0 saturated carbocycles. The Bertz CT molecular complexity index is 549. The molecule has 0 spiro atoms. The van der Waals surface area contributed by atoms with Crippen LogP contribution in [0.25, 0.3) is 0 Å². The van der Waals surface area contributed by atoms with Gasteiger partial charge in [-0.25, -0.2) is 4.98 Å². The van der Waals surface area contributed by atoms with Gasteiger partial charge in [-0.1, -0.05) is 24.3 Å². The molecule has 0 aliphatic carbocycles. The minimum atomic E-state index is -0.196. The summed E-state index contributed by atoms with van der Waals surface area (Å²) in [4.78, 5) is 15.8.